The number of aromatic nitrogens is 1. The molecule has 0 bridgehead atoms. The van der Waals surface area contributed by atoms with E-state index in [1.807, 2.05) is 24.3 Å². The van der Waals surface area contributed by atoms with Gasteiger partial charge in [-0.1, -0.05) is 54.6 Å². The predicted octanol–water partition coefficient (Wildman–Crippen LogP) is 4.99. The summed E-state index contributed by atoms with van der Waals surface area (Å²) in [5.74, 6) is -0.199. The summed E-state index contributed by atoms with van der Waals surface area (Å²) in [4.78, 5) is 10.8. The molecule has 0 N–H and O–H groups in total. The van der Waals surface area contributed by atoms with Crippen molar-refractivity contribution in [2.45, 2.75) is 6.61 Å². The zero-order valence-corrected chi connectivity index (χ0v) is 13.6. The number of cyclic esters (lactones) is 1. The van der Waals surface area contributed by atoms with Crippen molar-refractivity contribution in [1.82, 2.24) is 4.57 Å². The van der Waals surface area contributed by atoms with E-state index in [0.717, 1.165) is 5.56 Å². The van der Waals surface area contributed by atoms with E-state index < -0.39 is 0 Å². The molecule has 0 spiro atoms. The Labute approximate surface area is 146 Å². The van der Waals surface area contributed by atoms with E-state index in [0.29, 0.717) is 12.2 Å². The van der Waals surface area contributed by atoms with E-state index in [-0.39, 0.29) is 5.97 Å². The maximum absolute atomic E-state index is 10.8. The topological polar surface area (TPSA) is 31.2 Å². The minimum atomic E-state index is -0.199. The lowest BCUT2D eigenvalue weighted by molar-refractivity contribution is 0.0535. The third kappa shape index (κ3) is 3.04. The quantitative estimate of drug-likeness (QED) is 0.461. The monoisotopic (exact) mass is 327 g/mol. The summed E-state index contributed by atoms with van der Waals surface area (Å²) in [7, 11) is 0. The first-order chi connectivity index (χ1) is 12.3. The lowest BCUT2D eigenvalue weighted by atomic mass is 10.1. The average molecular weight is 327 g/mol. The first-order valence-electron chi connectivity index (χ1n) is 8.19. The van der Waals surface area contributed by atoms with Crippen molar-refractivity contribution >= 4 is 16.9 Å². The third-order valence-corrected chi connectivity index (χ3v) is 4.23. The van der Waals surface area contributed by atoms with Crippen LogP contribution in [0.4, 0.5) is 0 Å². The number of nitrogens with zero attached hydrogens (tertiary/aromatic N) is 1. The minimum absolute atomic E-state index is 0.199. The summed E-state index contributed by atoms with van der Waals surface area (Å²) < 4.78 is 6.99. The second-order valence-corrected chi connectivity index (χ2v) is 5.81. The Balaban J connectivity index is 0.000000136. The Morgan fingerprint density at radius 2 is 1.48 bits per heavy atom. The number of fused-ring (bicyclic) bond motifs is 2. The van der Waals surface area contributed by atoms with Gasteiger partial charge in [-0.25, -0.2) is 4.79 Å². The molecule has 4 aromatic rings. The SMILES string of the molecule is O=C1OCc2ccccc21.c1ccc(-n2ccc3ccccc32)cc1. The first kappa shape index (κ1) is 15.2. The molecule has 0 atom stereocenters. The fraction of sp³-hybridized carbons (Fsp3) is 0.0455. The molecule has 3 heteroatoms. The third-order valence-electron chi connectivity index (χ3n) is 4.23. The molecule has 1 aliphatic rings. The Kier molecular flexibility index (Phi) is 4.05. The van der Waals surface area contributed by atoms with Gasteiger partial charge in [0.15, 0.2) is 0 Å². The van der Waals surface area contributed by atoms with Crippen molar-refractivity contribution in [2.75, 3.05) is 0 Å². The van der Waals surface area contributed by atoms with Gasteiger partial charge in [0.25, 0.3) is 0 Å². The molecule has 2 heterocycles. The summed E-state index contributed by atoms with van der Waals surface area (Å²) in [6.45, 7) is 0.439. The van der Waals surface area contributed by atoms with Gasteiger partial charge < -0.3 is 9.30 Å². The van der Waals surface area contributed by atoms with Crippen molar-refractivity contribution < 1.29 is 9.53 Å². The maximum Gasteiger partial charge on any atom is 0.338 e. The van der Waals surface area contributed by atoms with E-state index in [1.165, 1.54) is 16.6 Å². The van der Waals surface area contributed by atoms with Crippen LogP contribution in [0.15, 0.2) is 91.1 Å². The van der Waals surface area contributed by atoms with Gasteiger partial charge in [-0.05, 0) is 35.7 Å². The highest BCUT2D eigenvalue weighted by molar-refractivity contribution is 5.93. The number of benzene rings is 3. The highest BCUT2D eigenvalue weighted by Crippen LogP contribution is 2.20. The van der Waals surface area contributed by atoms with Crippen LogP contribution in [0, 0.1) is 0 Å². The lowest BCUT2D eigenvalue weighted by Crippen LogP contribution is -1.91. The van der Waals surface area contributed by atoms with Gasteiger partial charge in [0.2, 0.25) is 0 Å². The Hall–Kier alpha value is -3.33. The highest BCUT2D eigenvalue weighted by Gasteiger charge is 2.18. The van der Waals surface area contributed by atoms with Gasteiger partial charge in [-0.15, -0.1) is 0 Å². The van der Waals surface area contributed by atoms with Crippen molar-refractivity contribution in [3.8, 4) is 5.69 Å². The molecule has 25 heavy (non-hydrogen) atoms. The van der Waals surface area contributed by atoms with Crippen molar-refractivity contribution in [3.63, 3.8) is 0 Å². The van der Waals surface area contributed by atoms with Crippen LogP contribution in [0.25, 0.3) is 16.6 Å². The van der Waals surface area contributed by atoms with E-state index in [4.69, 9.17) is 4.74 Å². The number of esters is 1. The average Bonchev–Trinajstić information content (AvgIpc) is 3.27. The van der Waals surface area contributed by atoms with Gasteiger partial charge >= 0.3 is 5.97 Å². The molecule has 0 fully saturated rings. The smallest absolute Gasteiger partial charge is 0.338 e. The van der Waals surface area contributed by atoms with Crippen LogP contribution >= 0.6 is 0 Å². The largest absolute Gasteiger partial charge is 0.457 e. The predicted molar refractivity (Wildman–Crippen MR) is 98.8 cm³/mol. The zero-order chi connectivity index (χ0) is 17.1. The molecule has 1 aliphatic heterocycles. The summed E-state index contributed by atoms with van der Waals surface area (Å²) in [5, 5.41) is 1.28. The molecule has 0 saturated heterocycles. The number of hydrogen-bond acceptors (Lipinski definition) is 2. The van der Waals surface area contributed by atoms with Crippen molar-refractivity contribution in [3.05, 3.63) is 102 Å². The van der Waals surface area contributed by atoms with Crippen LogP contribution in [0.5, 0.6) is 0 Å². The Morgan fingerprint density at radius 3 is 2.32 bits per heavy atom. The molecule has 1 aromatic heterocycles. The van der Waals surface area contributed by atoms with Crippen LogP contribution < -0.4 is 0 Å². The Bertz CT molecular complexity index is 1020. The molecule has 0 radical (unpaired) electrons. The number of rotatable bonds is 1. The first-order valence-corrected chi connectivity index (χ1v) is 8.19. The fourth-order valence-electron chi connectivity index (χ4n) is 2.96. The number of carbonyl (C=O) groups is 1. The van der Waals surface area contributed by atoms with Crippen molar-refractivity contribution in [1.29, 1.82) is 0 Å². The number of hydrogen-bond donors (Lipinski definition) is 0. The molecule has 0 amide bonds. The lowest BCUT2D eigenvalue weighted by Gasteiger charge is -2.04. The highest BCUT2D eigenvalue weighted by atomic mass is 16.5. The molecular weight excluding hydrogens is 310 g/mol. The van der Waals surface area contributed by atoms with Crippen LogP contribution in [-0.4, -0.2) is 10.5 Å². The molecule has 3 aromatic carbocycles. The van der Waals surface area contributed by atoms with Crippen LogP contribution in [0.1, 0.15) is 15.9 Å². The summed E-state index contributed by atoms with van der Waals surface area (Å²) in [5.41, 5.74) is 4.16. The van der Waals surface area contributed by atoms with E-state index in [9.17, 15) is 4.79 Å². The number of carbonyl (C=O) groups excluding carboxylic acids is 1. The van der Waals surface area contributed by atoms with Crippen LogP contribution in [0.3, 0.4) is 0 Å². The molecule has 122 valence electrons. The van der Waals surface area contributed by atoms with Gasteiger partial charge in [0.1, 0.15) is 6.61 Å². The van der Waals surface area contributed by atoms with Gasteiger partial charge in [0, 0.05) is 17.4 Å². The van der Waals surface area contributed by atoms with Gasteiger partial charge in [-0.3, -0.25) is 0 Å². The van der Waals surface area contributed by atoms with Crippen molar-refractivity contribution in [2.24, 2.45) is 0 Å². The minimum Gasteiger partial charge on any atom is -0.457 e. The fourth-order valence-corrected chi connectivity index (χ4v) is 2.96. The zero-order valence-electron chi connectivity index (χ0n) is 13.6. The number of para-hydroxylation sites is 2. The molecular formula is C22H17NO2. The van der Waals surface area contributed by atoms with Crippen LogP contribution in [-0.2, 0) is 11.3 Å². The maximum atomic E-state index is 10.8. The van der Waals surface area contributed by atoms with E-state index >= 15 is 0 Å². The standard InChI is InChI=1S/C14H11N.C8H6O2/c1-2-7-13(8-3-1)15-11-10-12-6-4-5-9-14(12)15;9-8-7-4-2-1-3-6(7)5-10-8/h1-11H;1-4H,5H2. The Morgan fingerprint density at radius 1 is 0.760 bits per heavy atom. The van der Waals surface area contributed by atoms with E-state index in [2.05, 4.69) is 65.4 Å². The second-order valence-electron chi connectivity index (χ2n) is 5.81. The molecule has 3 nitrogen and oxygen atoms in total. The van der Waals surface area contributed by atoms with E-state index in [1.54, 1.807) is 6.07 Å². The molecule has 0 aliphatic carbocycles. The van der Waals surface area contributed by atoms with Crippen LogP contribution in [0.2, 0.25) is 0 Å². The summed E-state index contributed by atoms with van der Waals surface area (Å²) in [6, 6.07) is 28.4. The van der Waals surface area contributed by atoms with Gasteiger partial charge in [0.05, 0.1) is 11.1 Å². The molecule has 0 saturated carbocycles. The molecule has 5 rings (SSSR count). The van der Waals surface area contributed by atoms with Gasteiger partial charge in [-0.2, -0.15) is 0 Å². The summed E-state index contributed by atoms with van der Waals surface area (Å²) >= 11 is 0. The number of ether oxygens (including phenoxy) is 1. The molecule has 0 unspecified atom stereocenters. The second kappa shape index (κ2) is 6.65. The summed E-state index contributed by atoms with van der Waals surface area (Å²) in [6.07, 6.45) is 2.11. The normalized spacial score (nSPS) is 12.2.